The standard InChI is InChI=1S/C10H23NOS/c1-10(12-2)9-11-7-5-4-6-8-13-3/h10-11H,4-9H2,1-3H3. The van der Waals surface area contributed by atoms with Gasteiger partial charge in [0, 0.05) is 13.7 Å². The molecule has 13 heavy (non-hydrogen) atoms. The molecule has 0 aromatic carbocycles. The van der Waals surface area contributed by atoms with Gasteiger partial charge in [0.1, 0.15) is 0 Å². The van der Waals surface area contributed by atoms with E-state index in [-0.39, 0.29) is 0 Å². The molecular weight excluding hydrogens is 182 g/mol. The van der Waals surface area contributed by atoms with Gasteiger partial charge < -0.3 is 10.1 Å². The molecule has 3 heteroatoms. The van der Waals surface area contributed by atoms with E-state index in [1.165, 1.54) is 25.0 Å². The molecule has 0 aromatic heterocycles. The second-order valence-electron chi connectivity index (χ2n) is 3.30. The van der Waals surface area contributed by atoms with Gasteiger partial charge in [-0.2, -0.15) is 11.8 Å². The highest BCUT2D eigenvalue weighted by atomic mass is 32.2. The van der Waals surface area contributed by atoms with E-state index < -0.39 is 0 Å². The van der Waals surface area contributed by atoms with Crippen molar-refractivity contribution < 1.29 is 4.74 Å². The molecule has 0 heterocycles. The lowest BCUT2D eigenvalue weighted by molar-refractivity contribution is 0.117. The highest BCUT2D eigenvalue weighted by Gasteiger charge is 1.96. The Hall–Kier alpha value is 0.270. The fourth-order valence-electron chi connectivity index (χ4n) is 1.06. The zero-order valence-corrected chi connectivity index (χ0v) is 9.95. The van der Waals surface area contributed by atoms with Crippen LogP contribution in [0.25, 0.3) is 0 Å². The van der Waals surface area contributed by atoms with Crippen LogP contribution in [0.1, 0.15) is 26.2 Å². The van der Waals surface area contributed by atoms with E-state index in [4.69, 9.17) is 4.74 Å². The van der Waals surface area contributed by atoms with E-state index in [2.05, 4.69) is 18.5 Å². The number of hydrogen-bond donors (Lipinski definition) is 1. The van der Waals surface area contributed by atoms with E-state index in [9.17, 15) is 0 Å². The van der Waals surface area contributed by atoms with Gasteiger partial charge in [0.15, 0.2) is 0 Å². The number of thioether (sulfide) groups is 1. The van der Waals surface area contributed by atoms with Crippen molar-refractivity contribution in [2.75, 3.05) is 32.2 Å². The molecule has 2 nitrogen and oxygen atoms in total. The van der Waals surface area contributed by atoms with E-state index >= 15 is 0 Å². The summed E-state index contributed by atoms with van der Waals surface area (Å²) in [4.78, 5) is 0. The minimum atomic E-state index is 0.339. The first-order valence-corrected chi connectivity index (χ1v) is 6.43. The molecule has 0 aliphatic rings. The van der Waals surface area contributed by atoms with Gasteiger partial charge in [-0.15, -0.1) is 0 Å². The quantitative estimate of drug-likeness (QED) is 0.583. The van der Waals surface area contributed by atoms with E-state index in [1.54, 1.807) is 7.11 Å². The summed E-state index contributed by atoms with van der Waals surface area (Å²) in [6.07, 6.45) is 6.49. The molecule has 0 saturated carbocycles. The number of unbranched alkanes of at least 4 members (excludes halogenated alkanes) is 2. The maximum absolute atomic E-state index is 5.13. The molecule has 0 rings (SSSR count). The Kier molecular flexibility index (Phi) is 10.6. The van der Waals surface area contributed by atoms with Gasteiger partial charge in [-0.25, -0.2) is 0 Å². The second kappa shape index (κ2) is 10.4. The number of rotatable bonds is 9. The summed E-state index contributed by atoms with van der Waals surface area (Å²) in [5.41, 5.74) is 0. The zero-order chi connectivity index (χ0) is 9.94. The van der Waals surface area contributed by atoms with Gasteiger partial charge in [-0.05, 0) is 38.3 Å². The van der Waals surface area contributed by atoms with Crippen molar-refractivity contribution in [1.29, 1.82) is 0 Å². The third-order valence-corrected chi connectivity index (χ3v) is 2.73. The smallest absolute Gasteiger partial charge is 0.0667 e. The molecule has 1 atom stereocenters. The molecule has 1 unspecified atom stereocenters. The highest BCUT2D eigenvalue weighted by Crippen LogP contribution is 2.01. The fourth-order valence-corrected chi connectivity index (χ4v) is 1.55. The van der Waals surface area contributed by atoms with E-state index in [0.29, 0.717) is 6.10 Å². The van der Waals surface area contributed by atoms with Crippen LogP contribution in [0, 0.1) is 0 Å². The van der Waals surface area contributed by atoms with Crippen LogP contribution in [-0.4, -0.2) is 38.3 Å². The first kappa shape index (κ1) is 13.3. The van der Waals surface area contributed by atoms with Crippen molar-refractivity contribution in [2.24, 2.45) is 0 Å². The predicted molar refractivity (Wildman–Crippen MR) is 61.6 cm³/mol. The van der Waals surface area contributed by atoms with Gasteiger partial charge in [-0.1, -0.05) is 6.42 Å². The highest BCUT2D eigenvalue weighted by molar-refractivity contribution is 7.98. The van der Waals surface area contributed by atoms with E-state index in [1.807, 2.05) is 11.8 Å². The molecule has 0 fully saturated rings. The molecule has 0 aliphatic heterocycles. The van der Waals surface area contributed by atoms with Crippen LogP contribution in [0.15, 0.2) is 0 Å². The third-order valence-electron chi connectivity index (χ3n) is 2.04. The van der Waals surface area contributed by atoms with Crippen molar-refractivity contribution in [1.82, 2.24) is 5.32 Å². The topological polar surface area (TPSA) is 21.3 Å². The monoisotopic (exact) mass is 205 g/mol. The van der Waals surface area contributed by atoms with Crippen molar-refractivity contribution in [3.63, 3.8) is 0 Å². The van der Waals surface area contributed by atoms with Crippen molar-refractivity contribution in [3.8, 4) is 0 Å². The summed E-state index contributed by atoms with van der Waals surface area (Å²) < 4.78 is 5.13. The molecule has 0 amide bonds. The summed E-state index contributed by atoms with van der Waals surface area (Å²) in [5.74, 6) is 1.30. The Bertz CT molecular complexity index is 101. The molecule has 0 aromatic rings. The lowest BCUT2D eigenvalue weighted by Crippen LogP contribution is -2.26. The summed E-state index contributed by atoms with van der Waals surface area (Å²) in [6, 6.07) is 0. The molecular formula is C10H23NOS. The Balaban J connectivity index is 2.91. The average molecular weight is 205 g/mol. The predicted octanol–water partition coefficient (Wildman–Crippen LogP) is 2.14. The van der Waals surface area contributed by atoms with Crippen LogP contribution in [0.3, 0.4) is 0 Å². The van der Waals surface area contributed by atoms with Crippen molar-refractivity contribution in [3.05, 3.63) is 0 Å². The Morgan fingerprint density at radius 3 is 2.69 bits per heavy atom. The van der Waals surface area contributed by atoms with Gasteiger partial charge in [0.05, 0.1) is 6.10 Å². The van der Waals surface area contributed by atoms with Crippen LogP contribution >= 0.6 is 11.8 Å². The maximum Gasteiger partial charge on any atom is 0.0667 e. The van der Waals surface area contributed by atoms with Gasteiger partial charge >= 0.3 is 0 Å². The van der Waals surface area contributed by atoms with Crippen LogP contribution < -0.4 is 5.32 Å². The molecule has 0 aliphatic carbocycles. The van der Waals surface area contributed by atoms with Gasteiger partial charge in [-0.3, -0.25) is 0 Å². The first-order chi connectivity index (χ1) is 6.31. The number of nitrogens with one attached hydrogen (secondary N) is 1. The molecule has 80 valence electrons. The number of methoxy groups -OCH3 is 1. The SMILES string of the molecule is COC(C)CNCCCCCSC. The molecule has 0 radical (unpaired) electrons. The lowest BCUT2D eigenvalue weighted by atomic mass is 10.2. The van der Waals surface area contributed by atoms with Crippen LogP contribution in [-0.2, 0) is 4.74 Å². The fraction of sp³-hybridized carbons (Fsp3) is 1.00. The Labute approximate surface area is 86.8 Å². The largest absolute Gasteiger partial charge is 0.380 e. The van der Waals surface area contributed by atoms with Crippen LogP contribution in [0.5, 0.6) is 0 Å². The summed E-state index contributed by atoms with van der Waals surface area (Å²) in [5, 5.41) is 3.38. The maximum atomic E-state index is 5.13. The average Bonchev–Trinajstić information content (AvgIpc) is 2.16. The number of ether oxygens (including phenoxy) is 1. The molecule has 0 bridgehead atoms. The summed E-state index contributed by atoms with van der Waals surface area (Å²) in [7, 11) is 1.75. The molecule has 1 N–H and O–H groups in total. The second-order valence-corrected chi connectivity index (χ2v) is 4.29. The first-order valence-electron chi connectivity index (χ1n) is 5.03. The molecule has 0 saturated heterocycles. The van der Waals surface area contributed by atoms with Gasteiger partial charge in [0.25, 0.3) is 0 Å². The lowest BCUT2D eigenvalue weighted by Gasteiger charge is -2.10. The van der Waals surface area contributed by atoms with Gasteiger partial charge in [0.2, 0.25) is 0 Å². The Morgan fingerprint density at radius 1 is 1.31 bits per heavy atom. The van der Waals surface area contributed by atoms with Crippen molar-refractivity contribution >= 4 is 11.8 Å². The van der Waals surface area contributed by atoms with Crippen LogP contribution in [0.2, 0.25) is 0 Å². The zero-order valence-electron chi connectivity index (χ0n) is 9.14. The van der Waals surface area contributed by atoms with E-state index in [0.717, 1.165) is 13.1 Å². The Morgan fingerprint density at radius 2 is 2.08 bits per heavy atom. The normalized spacial score (nSPS) is 13.2. The minimum absolute atomic E-state index is 0.339. The summed E-state index contributed by atoms with van der Waals surface area (Å²) in [6.45, 7) is 4.18. The van der Waals surface area contributed by atoms with Crippen molar-refractivity contribution in [2.45, 2.75) is 32.3 Å². The minimum Gasteiger partial charge on any atom is -0.380 e. The third kappa shape index (κ3) is 10.2. The number of hydrogen-bond acceptors (Lipinski definition) is 3. The van der Waals surface area contributed by atoms with Crippen LogP contribution in [0.4, 0.5) is 0 Å². The molecule has 0 spiro atoms. The summed E-state index contributed by atoms with van der Waals surface area (Å²) >= 11 is 1.93.